The van der Waals surface area contributed by atoms with Gasteiger partial charge in [0.2, 0.25) is 0 Å². The van der Waals surface area contributed by atoms with Gasteiger partial charge >= 0.3 is 0 Å². The number of benzene rings is 1. The molecule has 2 aromatic rings. The highest BCUT2D eigenvalue weighted by Gasteiger charge is 2.24. The Morgan fingerprint density at radius 1 is 1.40 bits per heavy atom. The smallest absolute Gasteiger partial charge is 0.0921 e. The lowest BCUT2D eigenvalue weighted by atomic mass is 9.97. The van der Waals surface area contributed by atoms with Crippen molar-refractivity contribution in [2.45, 2.75) is 25.7 Å². The molecule has 0 spiro atoms. The molecule has 2 nitrogen and oxygen atoms in total. The topological polar surface area (TPSA) is 28.7 Å². The van der Waals surface area contributed by atoms with E-state index in [4.69, 9.17) is 0 Å². The fourth-order valence-corrected chi connectivity index (χ4v) is 2.50. The average Bonchev–Trinajstić information content (AvgIpc) is 2.83. The molecule has 1 aliphatic carbocycles. The Morgan fingerprint density at radius 2 is 2.33 bits per heavy atom. The second-order valence-corrected chi connectivity index (χ2v) is 4.30. The number of hydrogen-bond donors (Lipinski definition) is 1. The minimum atomic E-state index is 0.530. The molecule has 0 amide bonds. The van der Waals surface area contributed by atoms with Gasteiger partial charge < -0.3 is 4.98 Å². The first kappa shape index (κ1) is 8.72. The van der Waals surface area contributed by atoms with Crippen molar-refractivity contribution in [3.05, 3.63) is 53.1 Å². The number of rotatable bonds is 1. The Kier molecular flexibility index (Phi) is 1.88. The van der Waals surface area contributed by atoms with Gasteiger partial charge in [-0.25, -0.2) is 4.98 Å². The predicted octanol–water partition coefficient (Wildman–Crippen LogP) is 2.80. The minimum Gasteiger partial charge on any atom is -0.348 e. The third-order valence-corrected chi connectivity index (χ3v) is 3.27. The van der Waals surface area contributed by atoms with Crippen molar-refractivity contribution >= 4 is 0 Å². The van der Waals surface area contributed by atoms with Gasteiger partial charge in [-0.05, 0) is 30.9 Å². The lowest BCUT2D eigenvalue weighted by molar-refractivity contribution is 0.766. The van der Waals surface area contributed by atoms with E-state index < -0.39 is 0 Å². The van der Waals surface area contributed by atoms with Gasteiger partial charge in [0.15, 0.2) is 0 Å². The van der Waals surface area contributed by atoms with Crippen LogP contribution < -0.4 is 0 Å². The normalized spacial score (nSPS) is 19.1. The Balaban J connectivity index is 2.08. The van der Waals surface area contributed by atoms with Crippen LogP contribution in [-0.4, -0.2) is 9.97 Å². The van der Waals surface area contributed by atoms with Crippen LogP contribution in [0.5, 0.6) is 0 Å². The molecule has 2 heteroatoms. The fraction of sp³-hybridized carbons (Fsp3) is 0.308. The highest BCUT2D eigenvalue weighted by molar-refractivity contribution is 5.41. The number of aromatic amines is 1. The molecule has 0 radical (unpaired) electrons. The molecule has 15 heavy (non-hydrogen) atoms. The van der Waals surface area contributed by atoms with Crippen molar-refractivity contribution in [3.63, 3.8) is 0 Å². The van der Waals surface area contributed by atoms with Crippen molar-refractivity contribution in [1.82, 2.24) is 9.97 Å². The summed E-state index contributed by atoms with van der Waals surface area (Å²) in [5.74, 6) is 0.530. The third kappa shape index (κ3) is 1.37. The molecule has 1 aliphatic rings. The molecule has 0 saturated carbocycles. The largest absolute Gasteiger partial charge is 0.348 e. The Hall–Kier alpha value is -1.57. The number of imidazole rings is 1. The zero-order valence-corrected chi connectivity index (χ0v) is 8.83. The maximum atomic E-state index is 4.11. The second-order valence-electron chi connectivity index (χ2n) is 4.30. The van der Waals surface area contributed by atoms with Crippen LogP contribution in [0.2, 0.25) is 0 Å². The van der Waals surface area contributed by atoms with Crippen LogP contribution in [0.3, 0.4) is 0 Å². The minimum absolute atomic E-state index is 0.530. The SMILES string of the molecule is Cc1ccc2c(c1)C(c1cnc[nH]1)CC2. The van der Waals surface area contributed by atoms with E-state index in [1.165, 1.54) is 35.2 Å². The van der Waals surface area contributed by atoms with Gasteiger partial charge in [0.25, 0.3) is 0 Å². The monoisotopic (exact) mass is 198 g/mol. The van der Waals surface area contributed by atoms with Crippen LogP contribution in [0.4, 0.5) is 0 Å². The second kappa shape index (κ2) is 3.23. The molecule has 1 heterocycles. The molecule has 0 fully saturated rings. The molecular weight excluding hydrogens is 184 g/mol. The van der Waals surface area contributed by atoms with Crippen molar-refractivity contribution < 1.29 is 0 Å². The number of hydrogen-bond acceptors (Lipinski definition) is 1. The predicted molar refractivity (Wildman–Crippen MR) is 59.9 cm³/mol. The van der Waals surface area contributed by atoms with Crippen molar-refractivity contribution in [1.29, 1.82) is 0 Å². The average molecular weight is 198 g/mol. The van der Waals surface area contributed by atoms with Crippen LogP contribution in [-0.2, 0) is 6.42 Å². The first-order valence-electron chi connectivity index (χ1n) is 5.42. The van der Waals surface area contributed by atoms with Gasteiger partial charge in [-0.2, -0.15) is 0 Å². The molecule has 3 rings (SSSR count). The summed E-state index contributed by atoms with van der Waals surface area (Å²) in [6.07, 6.45) is 6.12. The standard InChI is InChI=1S/C13H14N2/c1-9-2-3-10-4-5-11(12(10)6-9)13-7-14-8-15-13/h2-3,6-8,11H,4-5H2,1H3,(H,14,15). The molecule has 1 unspecified atom stereocenters. The van der Waals surface area contributed by atoms with E-state index in [2.05, 4.69) is 35.1 Å². The summed E-state index contributed by atoms with van der Waals surface area (Å²) in [7, 11) is 0. The molecule has 1 N–H and O–H groups in total. The molecule has 0 saturated heterocycles. The third-order valence-electron chi connectivity index (χ3n) is 3.27. The van der Waals surface area contributed by atoms with E-state index in [0.29, 0.717) is 5.92 Å². The lowest BCUT2D eigenvalue weighted by Gasteiger charge is -2.09. The number of aryl methyl sites for hydroxylation is 2. The first-order chi connectivity index (χ1) is 7.34. The van der Waals surface area contributed by atoms with Crippen LogP contribution >= 0.6 is 0 Å². The van der Waals surface area contributed by atoms with Crippen LogP contribution in [0.25, 0.3) is 0 Å². The van der Waals surface area contributed by atoms with Gasteiger partial charge in [-0.1, -0.05) is 23.8 Å². The Bertz CT molecular complexity index is 471. The van der Waals surface area contributed by atoms with Gasteiger partial charge in [0.1, 0.15) is 0 Å². The summed E-state index contributed by atoms with van der Waals surface area (Å²) in [5.41, 5.74) is 5.58. The summed E-state index contributed by atoms with van der Waals surface area (Å²) < 4.78 is 0. The molecular formula is C13H14N2. The summed E-state index contributed by atoms with van der Waals surface area (Å²) >= 11 is 0. The van der Waals surface area contributed by atoms with E-state index in [0.717, 1.165) is 0 Å². The Labute approximate surface area is 89.4 Å². The number of nitrogens with one attached hydrogen (secondary N) is 1. The molecule has 0 aliphatic heterocycles. The Morgan fingerprint density at radius 3 is 3.13 bits per heavy atom. The first-order valence-corrected chi connectivity index (χ1v) is 5.42. The van der Waals surface area contributed by atoms with Gasteiger partial charge in [-0.15, -0.1) is 0 Å². The van der Waals surface area contributed by atoms with Gasteiger partial charge in [0.05, 0.1) is 6.33 Å². The van der Waals surface area contributed by atoms with Gasteiger partial charge in [0, 0.05) is 17.8 Å². The lowest BCUT2D eigenvalue weighted by Crippen LogP contribution is -1.96. The molecule has 76 valence electrons. The van der Waals surface area contributed by atoms with Crippen molar-refractivity contribution in [3.8, 4) is 0 Å². The van der Waals surface area contributed by atoms with Crippen LogP contribution in [0.15, 0.2) is 30.7 Å². The summed E-state index contributed by atoms with van der Waals surface area (Å²) in [6.45, 7) is 2.16. The summed E-state index contributed by atoms with van der Waals surface area (Å²) in [4.78, 5) is 7.33. The fourth-order valence-electron chi connectivity index (χ4n) is 2.50. The number of aromatic nitrogens is 2. The van der Waals surface area contributed by atoms with Crippen molar-refractivity contribution in [2.24, 2.45) is 0 Å². The van der Waals surface area contributed by atoms with Crippen molar-refractivity contribution in [2.75, 3.05) is 0 Å². The number of fused-ring (bicyclic) bond motifs is 1. The number of H-pyrrole nitrogens is 1. The quantitative estimate of drug-likeness (QED) is 0.750. The number of nitrogens with zero attached hydrogens (tertiary/aromatic N) is 1. The van der Waals surface area contributed by atoms with Crippen LogP contribution in [0, 0.1) is 6.92 Å². The highest BCUT2D eigenvalue weighted by atomic mass is 14.9. The molecule has 0 bridgehead atoms. The molecule has 1 atom stereocenters. The van der Waals surface area contributed by atoms with Crippen LogP contribution in [0.1, 0.15) is 34.7 Å². The zero-order valence-electron chi connectivity index (χ0n) is 8.83. The molecule has 1 aromatic heterocycles. The summed E-state index contributed by atoms with van der Waals surface area (Å²) in [5, 5.41) is 0. The van der Waals surface area contributed by atoms with E-state index in [-0.39, 0.29) is 0 Å². The van der Waals surface area contributed by atoms with E-state index in [1.807, 2.05) is 6.20 Å². The van der Waals surface area contributed by atoms with E-state index in [1.54, 1.807) is 6.33 Å². The van der Waals surface area contributed by atoms with Gasteiger partial charge in [-0.3, -0.25) is 0 Å². The maximum absolute atomic E-state index is 4.11. The maximum Gasteiger partial charge on any atom is 0.0921 e. The summed E-state index contributed by atoms with van der Waals surface area (Å²) in [6, 6.07) is 6.78. The zero-order chi connectivity index (χ0) is 10.3. The van der Waals surface area contributed by atoms with E-state index >= 15 is 0 Å². The molecule has 1 aromatic carbocycles. The highest BCUT2D eigenvalue weighted by Crippen LogP contribution is 2.37. The van der Waals surface area contributed by atoms with E-state index in [9.17, 15) is 0 Å².